The maximum absolute atomic E-state index is 9.29. The van der Waals surface area contributed by atoms with Crippen LogP contribution in [-0.2, 0) is 11.2 Å². The van der Waals surface area contributed by atoms with E-state index in [4.69, 9.17) is 9.15 Å². The predicted octanol–water partition coefficient (Wildman–Crippen LogP) is 1.22. The second kappa shape index (κ2) is 3.52. The van der Waals surface area contributed by atoms with Gasteiger partial charge in [0.05, 0.1) is 19.5 Å². The molecule has 1 aromatic rings. The van der Waals surface area contributed by atoms with Gasteiger partial charge >= 0.3 is 0 Å². The summed E-state index contributed by atoms with van der Waals surface area (Å²) in [5, 5.41) is 9.29. The molecule has 0 saturated carbocycles. The Balaban J connectivity index is 2.06. The highest BCUT2D eigenvalue weighted by Gasteiger charge is 2.35. The minimum absolute atomic E-state index is 0.0994. The fourth-order valence-electron chi connectivity index (χ4n) is 1.75. The zero-order chi connectivity index (χ0) is 9.15. The third-order valence-electron chi connectivity index (χ3n) is 2.65. The number of hydrogen-bond acceptors (Lipinski definition) is 3. The van der Waals surface area contributed by atoms with Crippen molar-refractivity contribution in [2.45, 2.75) is 12.8 Å². The molecule has 3 nitrogen and oxygen atoms in total. The summed E-state index contributed by atoms with van der Waals surface area (Å²) in [5.74, 6) is 0.930. The predicted molar refractivity (Wildman–Crippen MR) is 47.4 cm³/mol. The summed E-state index contributed by atoms with van der Waals surface area (Å²) >= 11 is 0. The van der Waals surface area contributed by atoms with Gasteiger partial charge in [-0.15, -0.1) is 0 Å². The van der Waals surface area contributed by atoms with Crippen molar-refractivity contribution >= 4 is 0 Å². The van der Waals surface area contributed by atoms with Crippen molar-refractivity contribution in [3.8, 4) is 0 Å². The van der Waals surface area contributed by atoms with Gasteiger partial charge in [0.1, 0.15) is 5.76 Å². The normalized spacial score (nSPS) is 28.1. The second-order valence-corrected chi connectivity index (χ2v) is 3.72. The van der Waals surface area contributed by atoms with Gasteiger partial charge in [0, 0.05) is 18.4 Å². The summed E-state index contributed by atoms with van der Waals surface area (Å²) in [6.07, 6.45) is 3.36. The summed E-state index contributed by atoms with van der Waals surface area (Å²) in [6, 6.07) is 3.81. The largest absolute Gasteiger partial charge is 0.469 e. The van der Waals surface area contributed by atoms with Crippen molar-refractivity contribution in [3.63, 3.8) is 0 Å². The van der Waals surface area contributed by atoms with Crippen molar-refractivity contribution in [2.75, 3.05) is 19.8 Å². The zero-order valence-electron chi connectivity index (χ0n) is 7.53. The van der Waals surface area contributed by atoms with E-state index in [9.17, 15) is 5.11 Å². The molecule has 0 aromatic carbocycles. The molecule has 1 saturated heterocycles. The molecule has 1 aliphatic rings. The van der Waals surface area contributed by atoms with Crippen LogP contribution in [0.25, 0.3) is 0 Å². The van der Waals surface area contributed by atoms with E-state index in [-0.39, 0.29) is 12.0 Å². The van der Waals surface area contributed by atoms with Crippen LogP contribution in [0.1, 0.15) is 12.2 Å². The van der Waals surface area contributed by atoms with Gasteiger partial charge in [-0.1, -0.05) is 0 Å². The van der Waals surface area contributed by atoms with E-state index < -0.39 is 0 Å². The highest BCUT2D eigenvalue weighted by Crippen LogP contribution is 2.32. The average Bonchev–Trinajstić information content (AvgIpc) is 2.77. The third-order valence-corrected chi connectivity index (χ3v) is 2.65. The lowest BCUT2D eigenvalue weighted by atomic mass is 9.84. The lowest BCUT2D eigenvalue weighted by Gasteiger charge is -2.22. The number of furan rings is 1. The fourth-order valence-corrected chi connectivity index (χ4v) is 1.75. The Hall–Kier alpha value is -0.800. The molecule has 1 unspecified atom stereocenters. The smallest absolute Gasteiger partial charge is 0.104 e. The van der Waals surface area contributed by atoms with E-state index in [0.717, 1.165) is 25.2 Å². The Morgan fingerprint density at radius 3 is 3.00 bits per heavy atom. The molecule has 1 fully saturated rings. The van der Waals surface area contributed by atoms with Crippen molar-refractivity contribution in [3.05, 3.63) is 24.2 Å². The molecule has 2 rings (SSSR count). The molecule has 0 aliphatic carbocycles. The Labute approximate surface area is 77.3 Å². The van der Waals surface area contributed by atoms with Crippen LogP contribution in [-0.4, -0.2) is 24.9 Å². The topological polar surface area (TPSA) is 42.6 Å². The van der Waals surface area contributed by atoms with Gasteiger partial charge in [-0.3, -0.25) is 0 Å². The van der Waals surface area contributed by atoms with E-state index in [1.165, 1.54) is 0 Å². The number of ether oxygens (including phenoxy) is 1. The van der Waals surface area contributed by atoms with Crippen LogP contribution < -0.4 is 0 Å². The molecule has 1 aromatic heterocycles. The Kier molecular flexibility index (Phi) is 2.38. The first-order valence-electron chi connectivity index (χ1n) is 4.56. The Morgan fingerprint density at radius 2 is 2.46 bits per heavy atom. The van der Waals surface area contributed by atoms with E-state index in [0.29, 0.717) is 6.61 Å². The second-order valence-electron chi connectivity index (χ2n) is 3.72. The summed E-state index contributed by atoms with van der Waals surface area (Å²) in [4.78, 5) is 0. The molecular formula is C10H14O3. The van der Waals surface area contributed by atoms with Gasteiger partial charge in [0.25, 0.3) is 0 Å². The van der Waals surface area contributed by atoms with Crippen molar-refractivity contribution in [1.29, 1.82) is 0 Å². The van der Waals surface area contributed by atoms with Gasteiger partial charge in [0.15, 0.2) is 0 Å². The number of aliphatic hydroxyl groups excluding tert-OH is 1. The van der Waals surface area contributed by atoms with E-state index in [1.54, 1.807) is 6.26 Å². The quantitative estimate of drug-likeness (QED) is 0.764. The number of aliphatic hydroxyl groups is 1. The molecule has 0 amide bonds. The molecule has 0 spiro atoms. The zero-order valence-corrected chi connectivity index (χ0v) is 7.53. The highest BCUT2D eigenvalue weighted by molar-refractivity contribution is 5.03. The lowest BCUT2D eigenvalue weighted by Crippen LogP contribution is -2.28. The van der Waals surface area contributed by atoms with Crippen LogP contribution in [0.4, 0.5) is 0 Å². The van der Waals surface area contributed by atoms with E-state index in [2.05, 4.69) is 0 Å². The molecule has 1 aliphatic heterocycles. The first-order valence-corrected chi connectivity index (χ1v) is 4.56. The molecule has 2 heterocycles. The first-order chi connectivity index (χ1) is 6.35. The Morgan fingerprint density at radius 1 is 1.54 bits per heavy atom. The minimum Gasteiger partial charge on any atom is -0.469 e. The molecular weight excluding hydrogens is 168 g/mol. The van der Waals surface area contributed by atoms with Crippen LogP contribution in [0.2, 0.25) is 0 Å². The standard InChI is InChI=1S/C10H14O3/c11-7-10(3-5-12-8-10)6-9-2-1-4-13-9/h1-2,4,11H,3,5-8H2. The van der Waals surface area contributed by atoms with Crippen LogP contribution in [0.5, 0.6) is 0 Å². The molecule has 1 N–H and O–H groups in total. The van der Waals surface area contributed by atoms with Crippen molar-refractivity contribution in [2.24, 2.45) is 5.41 Å². The highest BCUT2D eigenvalue weighted by atomic mass is 16.5. The van der Waals surface area contributed by atoms with Crippen LogP contribution in [0.3, 0.4) is 0 Å². The molecule has 3 heteroatoms. The lowest BCUT2D eigenvalue weighted by molar-refractivity contribution is 0.0892. The first kappa shape index (κ1) is 8.78. The summed E-state index contributed by atoms with van der Waals surface area (Å²) in [5.41, 5.74) is -0.0994. The number of hydrogen-bond donors (Lipinski definition) is 1. The molecule has 1 atom stereocenters. The van der Waals surface area contributed by atoms with Crippen LogP contribution >= 0.6 is 0 Å². The minimum atomic E-state index is -0.0994. The van der Waals surface area contributed by atoms with E-state index >= 15 is 0 Å². The van der Waals surface area contributed by atoms with Crippen LogP contribution in [0.15, 0.2) is 22.8 Å². The fraction of sp³-hybridized carbons (Fsp3) is 0.600. The number of rotatable bonds is 3. The maximum atomic E-state index is 9.29. The average molecular weight is 182 g/mol. The van der Waals surface area contributed by atoms with Gasteiger partial charge in [-0.05, 0) is 18.6 Å². The van der Waals surface area contributed by atoms with Gasteiger partial charge in [-0.25, -0.2) is 0 Å². The summed E-state index contributed by atoms with van der Waals surface area (Å²) < 4.78 is 10.6. The Bertz CT molecular complexity index is 247. The summed E-state index contributed by atoms with van der Waals surface area (Å²) in [6.45, 7) is 1.57. The molecule has 0 bridgehead atoms. The molecule has 72 valence electrons. The molecule has 13 heavy (non-hydrogen) atoms. The SMILES string of the molecule is OCC1(Cc2ccco2)CCOC1. The van der Waals surface area contributed by atoms with Gasteiger partial charge in [0.2, 0.25) is 0 Å². The van der Waals surface area contributed by atoms with Gasteiger partial charge in [-0.2, -0.15) is 0 Å². The van der Waals surface area contributed by atoms with Crippen molar-refractivity contribution in [1.82, 2.24) is 0 Å². The molecule has 0 radical (unpaired) electrons. The van der Waals surface area contributed by atoms with Crippen molar-refractivity contribution < 1.29 is 14.3 Å². The summed E-state index contributed by atoms with van der Waals surface area (Å²) in [7, 11) is 0. The third kappa shape index (κ3) is 1.76. The van der Waals surface area contributed by atoms with E-state index in [1.807, 2.05) is 12.1 Å². The van der Waals surface area contributed by atoms with Gasteiger partial charge < -0.3 is 14.3 Å². The monoisotopic (exact) mass is 182 g/mol. The maximum Gasteiger partial charge on any atom is 0.104 e. The van der Waals surface area contributed by atoms with Crippen LogP contribution in [0, 0.1) is 5.41 Å².